The molecule has 218 valence electrons. The molecule has 6 nitrogen and oxygen atoms in total. The first-order valence-electron chi connectivity index (χ1n) is 14.3. The molecular formula is C38H22N5OPt-3. The van der Waals surface area contributed by atoms with Crippen LogP contribution in [-0.4, -0.2) is 23.9 Å². The number of hydrogen-bond donors (Lipinski definition) is 0. The van der Waals surface area contributed by atoms with Crippen molar-refractivity contribution < 1.29 is 25.8 Å². The predicted octanol–water partition coefficient (Wildman–Crippen LogP) is 8.65. The number of benzene rings is 5. The van der Waals surface area contributed by atoms with Crippen LogP contribution in [0, 0.1) is 18.2 Å². The summed E-state index contributed by atoms with van der Waals surface area (Å²) in [6, 6.07) is 48.8. The van der Waals surface area contributed by atoms with Crippen LogP contribution in [0.15, 0.2) is 134 Å². The van der Waals surface area contributed by atoms with Crippen molar-refractivity contribution in [2.45, 2.75) is 0 Å². The molecule has 45 heavy (non-hydrogen) atoms. The summed E-state index contributed by atoms with van der Waals surface area (Å²) in [5, 5.41) is 9.28. The van der Waals surface area contributed by atoms with Gasteiger partial charge in [-0.3, -0.25) is 9.25 Å². The van der Waals surface area contributed by atoms with Crippen molar-refractivity contribution >= 4 is 43.7 Å². The van der Waals surface area contributed by atoms with Crippen molar-refractivity contribution in [3.63, 3.8) is 0 Å². The van der Waals surface area contributed by atoms with Crippen LogP contribution in [0.25, 0.3) is 60.8 Å². The molecule has 0 aliphatic carbocycles. The van der Waals surface area contributed by atoms with Gasteiger partial charge in [-0.2, -0.15) is 35.4 Å². The quantitative estimate of drug-likeness (QED) is 0.165. The molecule has 5 aromatic carbocycles. The Labute approximate surface area is 273 Å². The maximum absolute atomic E-state index is 6.08. The van der Waals surface area contributed by atoms with E-state index in [1.54, 1.807) is 0 Å². The molecule has 0 unspecified atom stereocenters. The Bertz CT molecular complexity index is 2440. The normalized spacial score (nSPS) is 11.4. The Balaban J connectivity index is 0.00000300. The van der Waals surface area contributed by atoms with E-state index in [1.807, 2.05) is 71.8 Å². The van der Waals surface area contributed by atoms with Gasteiger partial charge in [0.25, 0.3) is 0 Å². The Hall–Kier alpha value is -5.45. The van der Waals surface area contributed by atoms with E-state index in [9.17, 15) is 0 Å². The average Bonchev–Trinajstić information content (AvgIpc) is 3.78. The zero-order valence-electron chi connectivity index (χ0n) is 23.7. The van der Waals surface area contributed by atoms with Gasteiger partial charge in [-0.15, -0.1) is 47.9 Å². The van der Waals surface area contributed by atoms with E-state index < -0.39 is 0 Å². The summed E-state index contributed by atoms with van der Waals surface area (Å²) in [6.07, 6.45) is 5.74. The molecule has 4 heterocycles. The first-order valence-corrected chi connectivity index (χ1v) is 14.3. The van der Waals surface area contributed by atoms with Crippen molar-refractivity contribution in [2.24, 2.45) is 0 Å². The van der Waals surface area contributed by atoms with Gasteiger partial charge >= 0.3 is 0 Å². The van der Waals surface area contributed by atoms with Gasteiger partial charge in [-0.05, 0) is 35.3 Å². The van der Waals surface area contributed by atoms with Gasteiger partial charge in [0, 0.05) is 55.1 Å². The van der Waals surface area contributed by atoms with Crippen LogP contribution in [0.3, 0.4) is 0 Å². The van der Waals surface area contributed by atoms with E-state index >= 15 is 0 Å². The van der Waals surface area contributed by atoms with Crippen LogP contribution in [0.5, 0.6) is 11.5 Å². The molecular weight excluding hydrogens is 738 g/mol. The molecule has 0 saturated carbocycles. The topological polar surface area (TPSA) is 49.8 Å². The Morgan fingerprint density at radius 1 is 0.600 bits per heavy atom. The number of fused-ring (bicyclic) bond motifs is 6. The maximum Gasteiger partial charge on any atom is 0.145 e. The second-order valence-corrected chi connectivity index (χ2v) is 10.6. The van der Waals surface area contributed by atoms with Crippen LogP contribution in [0.4, 0.5) is 0 Å². The number of nitrogens with zero attached hydrogens (tertiary/aromatic N) is 5. The molecule has 0 bridgehead atoms. The molecule has 0 atom stereocenters. The van der Waals surface area contributed by atoms with E-state index in [1.165, 1.54) is 0 Å². The van der Waals surface area contributed by atoms with Crippen molar-refractivity contribution in [2.75, 3.05) is 0 Å². The van der Waals surface area contributed by atoms with Crippen LogP contribution in [0.2, 0.25) is 0 Å². The van der Waals surface area contributed by atoms with Gasteiger partial charge in [0.2, 0.25) is 0 Å². The van der Waals surface area contributed by atoms with Gasteiger partial charge in [0.15, 0.2) is 0 Å². The second kappa shape index (κ2) is 10.9. The minimum atomic E-state index is 0. The van der Waals surface area contributed by atoms with E-state index in [4.69, 9.17) is 14.8 Å². The summed E-state index contributed by atoms with van der Waals surface area (Å²) in [5.74, 6) is 1.26. The third kappa shape index (κ3) is 4.45. The maximum atomic E-state index is 6.08. The van der Waals surface area contributed by atoms with E-state index in [0.717, 1.165) is 60.8 Å². The minimum absolute atomic E-state index is 0. The fourth-order valence-corrected chi connectivity index (χ4v) is 6.07. The molecule has 4 aromatic heterocycles. The fraction of sp³-hybridized carbons (Fsp3) is 0. The molecule has 9 aromatic rings. The summed E-state index contributed by atoms with van der Waals surface area (Å²) in [6.45, 7) is 0. The number of pyridine rings is 1. The van der Waals surface area contributed by atoms with E-state index in [0.29, 0.717) is 11.5 Å². The van der Waals surface area contributed by atoms with Crippen molar-refractivity contribution in [3.8, 4) is 28.6 Å². The molecule has 0 N–H and O–H groups in total. The molecule has 0 aliphatic rings. The smallest absolute Gasteiger partial charge is 0.145 e. The van der Waals surface area contributed by atoms with E-state index in [-0.39, 0.29) is 21.1 Å². The molecule has 9 rings (SSSR count). The second-order valence-electron chi connectivity index (χ2n) is 10.6. The van der Waals surface area contributed by atoms with Crippen LogP contribution in [-0.2, 0) is 21.1 Å². The Kier molecular flexibility index (Phi) is 6.58. The first-order chi connectivity index (χ1) is 21.8. The SMILES string of the molecule is [Pt].[c-]1ccccc1Oc1[c-]c(-n2c3[c-]c(-n4cc(-n5c6ccccc6c6cccnc65)cn4)ccc3c3ccccc32)ccc1. The Morgan fingerprint density at radius 2 is 1.36 bits per heavy atom. The summed E-state index contributed by atoms with van der Waals surface area (Å²) in [7, 11) is 0. The van der Waals surface area contributed by atoms with Crippen molar-refractivity contribution in [3.05, 3.63) is 152 Å². The van der Waals surface area contributed by atoms with Crippen molar-refractivity contribution in [1.82, 2.24) is 23.9 Å². The van der Waals surface area contributed by atoms with Crippen LogP contribution in [0.1, 0.15) is 0 Å². The molecule has 0 aliphatic heterocycles. The van der Waals surface area contributed by atoms with Crippen molar-refractivity contribution in [1.29, 1.82) is 0 Å². The molecule has 0 saturated heterocycles. The number of hydrogen-bond acceptors (Lipinski definition) is 3. The molecule has 7 heteroatoms. The number of ether oxygens (including phenoxy) is 1. The summed E-state index contributed by atoms with van der Waals surface area (Å²) in [4.78, 5) is 4.72. The monoisotopic (exact) mass is 759 g/mol. The third-order valence-corrected chi connectivity index (χ3v) is 7.97. The zero-order chi connectivity index (χ0) is 29.0. The molecule has 0 spiro atoms. The van der Waals surface area contributed by atoms with Gasteiger partial charge in [-0.25, -0.2) is 4.98 Å². The summed E-state index contributed by atoms with van der Waals surface area (Å²) < 4.78 is 12.3. The first kappa shape index (κ1) is 27.1. The minimum Gasteiger partial charge on any atom is -0.509 e. The third-order valence-electron chi connectivity index (χ3n) is 7.97. The van der Waals surface area contributed by atoms with Gasteiger partial charge in [-0.1, -0.05) is 47.6 Å². The number of para-hydroxylation sites is 3. The zero-order valence-corrected chi connectivity index (χ0v) is 25.9. The molecule has 0 amide bonds. The average molecular weight is 760 g/mol. The summed E-state index contributed by atoms with van der Waals surface area (Å²) in [5.41, 5.74) is 6.60. The fourth-order valence-electron chi connectivity index (χ4n) is 6.07. The van der Waals surface area contributed by atoms with E-state index in [2.05, 4.69) is 94.1 Å². The predicted molar refractivity (Wildman–Crippen MR) is 173 cm³/mol. The van der Waals surface area contributed by atoms with Gasteiger partial charge in [0.05, 0.1) is 23.6 Å². The van der Waals surface area contributed by atoms with Crippen LogP contribution < -0.4 is 4.74 Å². The number of rotatable bonds is 5. The van der Waals surface area contributed by atoms with Gasteiger partial charge in [0.1, 0.15) is 5.65 Å². The molecule has 0 fully saturated rings. The van der Waals surface area contributed by atoms with Crippen LogP contribution >= 0.6 is 0 Å². The number of aromatic nitrogens is 5. The summed E-state index contributed by atoms with van der Waals surface area (Å²) >= 11 is 0. The largest absolute Gasteiger partial charge is 0.509 e. The standard InChI is InChI=1S/C38H22N5O.Pt/c1-2-11-29(12-3-1)44-30-13-8-10-27(22-30)42-35-17-6-4-14-31(35)33-20-19-26(23-37(33)42)41-25-28(24-40-41)43-36-18-7-5-15-32(36)34-16-9-21-39-38(34)43;/h1-11,13-21,24-25H;/q-3;. The Morgan fingerprint density at radius 3 is 2.20 bits per heavy atom. The molecule has 0 radical (unpaired) electrons. The van der Waals surface area contributed by atoms with Gasteiger partial charge < -0.3 is 9.30 Å².